The van der Waals surface area contributed by atoms with Crippen molar-refractivity contribution in [2.24, 2.45) is 0 Å². The maximum atomic E-state index is 5.33. The van der Waals surface area contributed by atoms with Crippen LogP contribution in [0.4, 0.5) is 0 Å². The van der Waals surface area contributed by atoms with Gasteiger partial charge < -0.3 is 4.57 Å². The van der Waals surface area contributed by atoms with Gasteiger partial charge in [0.15, 0.2) is 0 Å². The fourth-order valence-electron chi connectivity index (χ4n) is 7.20. The fourth-order valence-corrected chi connectivity index (χ4v) is 7.20. The van der Waals surface area contributed by atoms with E-state index in [1.165, 1.54) is 56.8 Å². The van der Waals surface area contributed by atoms with Crippen LogP contribution in [-0.2, 0) is 12.8 Å². The molecule has 0 atom stereocenters. The Morgan fingerprint density at radius 2 is 1.11 bits per heavy atom. The highest BCUT2D eigenvalue weighted by Crippen LogP contribution is 2.42. The van der Waals surface area contributed by atoms with Crippen LogP contribution < -0.4 is 0 Å². The number of benzene rings is 5. The largest absolute Gasteiger partial charge is 0.309 e. The van der Waals surface area contributed by atoms with Crippen molar-refractivity contribution in [1.29, 1.82) is 0 Å². The third kappa shape index (κ3) is 3.84. The number of rotatable bonds is 4. The van der Waals surface area contributed by atoms with Gasteiger partial charge in [-0.25, -0.2) is 9.97 Å². The molecule has 0 N–H and O–H groups in total. The fraction of sp³-hybridized carbons (Fsp3) is 0.100. The number of aromatic nitrogens is 4. The lowest BCUT2D eigenvalue weighted by Crippen LogP contribution is -2.10. The molecule has 0 saturated carbocycles. The maximum Gasteiger partial charge on any atom is 0.235 e. The smallest absolute Gasteiger partial charge is 0.235 e. The summed E-state index contributed by atoms with van der Waals surface area (Å²) in [5, 5.41) is 3.82. The molecule has 1 aliphatic carbocycles. The normalized spacial score (nSPS) is 13.1. The molecule has 0 fully saturated rings. The zero-order chi connectivity index (χ0) is 29.0. The monoisotopic (exact) mass is 566 g/mol. The van der Waals surface area contributed by atoms with E-state index in [1.807, 2.05) is 0 Å². The van der Waals surface area contributed by atoms with E-state index >= 15 is 0 Å². The van der Waals surface area contributed by atoms with Crippen molar-refractivity contribution in [3.05, 3.63) is 145 Å². The van der Waals surface area contributed by atoms with Crippen LogP contribution in [0.25, 0.3) is 66.9 Å². The number of nitrogens with zero attached hydrogens (tertiary/aromatic N) is 4. The first-order valence-corrected chi connectivity index (χ1v) is 15.5. The first-order valence-electron chi connectivity index (χ1n) is 15.5. The SMILES string of the molecule is c1ccc(-c2cc(-c3ccccc3)nc(-n3c4c(c5ccc6c(c7ccccc7n6-c6ccccc6)c53)CCCC4)n2)cc1. The van der Waals surface area contributed by atoms with E-state index in [0.717, 1.165) is 47.0 Å². The predicted octanol–water partition coefficient (Wildman–Crippen LogP) is 9.73. The van der Waals surface area contributed by atoms with Gasteiger partial charge in [0, 0.05) is 38.7 Å². The highest BCUT2D eigenvalue weighted by molar-refractivity contribution is 6.21. The molecular formula is C40H30N4. The third-order valence-electron chi connectivity index (χ3n) is 9.14. The molecule has 0 radical (unpaired) electrons. The van der Waals surface area contributed by atoms with Crippen molar-refractivity contribution in [3.8, 4) is 34.2 Å². The Morgan fingerprint density at radius 3 is 1.82 bits per heavy atom. The second-order valence-electron chi connectivity index (χ2n) is 11.7. The Bertz CT molecular complexity index is 2260. The Balaban J connectivity index is 1.43. The van der Waals surface area contributed by atoms with Crippen molar-refractivity contribution in [1.82, 2.24) is 19.1 Å². The first kappa shape index (κ1) is 25.1. The summed E-state index contributed by atoms with van der Waals surface area (Å²) in [7, 11) is 0. The number of hydrogen-bond donors (Lipinski definition) is 0. The van der Waals surface area contributed by atoms with E-state index in [1.54, 1.807) is 0 Å². The molecule has 0 bridgehead atoms. The summed E-state index contributed by atoms with van der Waals surface area (Å²) >= 11 is 0. The number of fused-ring (bicyclic) bond motifs is 7. The van der Waals surface area contributed by atoms with Gasteiger partial charge in [0.2, 0.25) is 5.95 Å². The minimum atomic E-state index is 0.738. The maximum absolute atomic E-state index is 5.33. The van der Waals surface area contributed by atoms with E-state index in [-0.39, 0.29) is 0 Å². The Labute approximate surface area is 255 Å². The molecule has 5 aromatic carbocycles. The molecule has 0 saturated heterocycles. The average Bonchev–Trinajstić information content (AvgIpc) is 3.62. The summed E-state index contributed by atoms with van der Waals surface area (Å²) in [5.41, 5.74) is 11.6. The molecule has 4 nitrogen and oxygen atoms in total. The van der Waals surface area contributed by atoms with E-state index in [2.05, 4.69) is 143 Å². The van der Waals surface area contributed by atoms with Gasteiger partial charge in [-0.2, -0.15) is 0 Å². The second kappa shape index (κ2) is 10.1. The van der Waals surface area contributed by atoms with Crippen molar-refractivity contribution in [2.45, 2.75) is 25.7 Å². The lowest BCUT2D eigenvalue weighted by Gasteiger charge is -2.16. The molecule has 4 heteroatoms. The van der Waals surface area contributed by atoms with Crippen molar-refractivity contribution >= 4 is 32.7 Å². The zero-order valence-electron chi connectivity index (χ0n) is 24.3. The van der Waals surface area contributed by atoms with Crippen LogP contribution in [0.3, 0.4) is 0 Å². The molecule has 1 aliphatic rings. The summed E-state index contributed by atoms with van der Waals surface area (Å²) in [5.74, 6) is 0.738. The van der Waals surface area contributed by atoms with Crippen LogP contribution in [0, 0.1) is 0 Å². The van der Waals surface area contributed by atoms with Gasteiger partial charge in [-0.05, 0) is 61.6 Å². The number of aryl methyl sites for hydroxylation is 1. The van der Waals surface area contributed by atoms with Crippen LogP contribution in [0.2, 0.25) is 0 Å². The summed E-state index contributed by atoms with van der Waals surface area (Å²) in [6.45, 7) is 0. The molecule has 8 aromatic rings. The molecule has 0 unspecified atom stereocenters. The first-order chi connectivity index (χ1) is 21.8. The molecule has 0 spiro atoms. The zero-order valence-corrected chi connectivity index (χ0v) is 24.3. The predicted molar refractivity (Wildman–Crippen MR) is 181 cm³/mol. The molecule has 44 heavy (non-hydrogen) atoms. The molecule has 210 valence electrons. The Kier molecular flexibility index (Phi) is 5.73. The molecule has 0 amide bonds. The van der Waals surface area contributed by atoms with Crippen LogP contribution in [0.1, 0.15) is 24.1 Å². The number of para-hydroxylation sites is 2. The molecule has 3 aromatic heterocycles. The lowest BCUT2D eigenvalue weighted by atomic mass is 9.95. The van der Waals surface area contributed by atoms with Crippen molar-refractivity contribution in [3.63, 3.8) is 0 Å². The van der Waals surface area contributed by atoms with Crippen LogP contribution >= 0.6 is 0 Å². The van der Waals surface area contributed by atoms with Crippen molar-refractivity contribution < 1.29 is 0 Å². The topological polar surface area (TPSA) is 35.6 Å². The van der Waals surface area contributed by atoms with Gasteiger partial charge in [-0.15, -0.1) is 0 Å². The van der Waals surface area contributed by atoms with E-state index < -0.39 is 0 Å². The lowest BCUT2D eigenvalue weighted by molar-refractivity contribution is 0.662. The van der Waals surface area contributed by atoms with E-state index in [9.17, 15) is 0 Å². The average molecular weight is 567 g/mol. The van der Waals surface area contributed by atoms with Gasteiger partial charge in [-0.3, -0.25) is 4.57 Å². The summed E-state index contributed by atoms with van der Waals surface area (Å²) in [6, 6.07) is 47.2. The summed E-state index contributed by atoms with van der Waals surface area (Å²) < 4.78 is 4.81. The van der Waals surface area contributed by atoms with Crippen LogP contribution in [0.15, 0.2) is 133 Å². The van der Waals surface area contributed by atoms with Gasteiger partial charge >= 0.3 is 0 Å². The van der Waals surface area contributed by atoms with E-state index in [4.69, 9.17) is 9.97 Å². The molecule has 0 aliphatic heterocycles. The van der Waals surface area contributed by atoms with Crippen LogP contribution in [-0.4, -0.2) is 19.1 Å². The van der Waals surface area contributed by atoms with Gasteiger partial charge in [0.25, 0.3) is 0 Å². The summed E-state index contributed by atoms with van der Waals surface area (Å²) in [6.07, 6.45) is 4.46. The highest BCUT2D eigenvalue weighted by atomic mass is 15.2. The minimum absolute atomic E-state index is 0.738. The molecular weight excluding hydrogens is 536 g/mol. The summed E-state index contributed by atoms with van der Waals surface area (Å²) in [4.78, 5) is 10.7. The number of hydrogen-bond acceptors (Lipinski definition) is 2. The van der Waals surface area contributed by atoms with Gasteiger partial charge in [0.1, 0.15) is 0 Å². The Morgan fingerprint density at radius 1 is 0.500 bits per heavy atom. The molecule has 9 rings (SSSR count). The molecule has 3 heterocycles. The Hall–Kier alpha value is -5.48. The third-order valence-corrected chi connectivity index (χ3v) is 9.14. The quantitative estimate of drug-likeness (QED) is 0.213. The van der Waals surface area contributed by atoms with E-state index in [0.29, 0.717) is 0 Å². The second-order valence-corrected chi connectivity index (χ2v) is 11.7. The van der Waals surface area contributed by atoms with Gasteiger partial charge in [0.05, 0.1) is 27.9 Å². The standard InChI is InChI=1S/C40H30N4/c1-4-14-27(15-5-1)33-26-34(28-16-6-2-7-17-28)42-40(41-33)44-35-22-12-10-20-30(35)31-24-25-37-38(39(31)44)32-21-11-13-23-36(32)43(37)29-18-8-3-9-19-29/h1-9,11,13-19,21,23-26H,10,12,20,22H2. The minimum Gasteiger partial charge on any atom is -0.309 e. The van der Waals surface area contributed by atoms with Crippen molar-refractivity contribution in [2.75, 3.05) is 0 Å². The highest BCUT2D eigenvalue weighted by Gasteiger charge is 2.27. The van der Waals surface area contributed by atoms with Gasteiger partial charge in [-0.1, -0.05) is 103 Å². The van der Waals surface area contributed by atoms with Crippen LogP contribution in [0.5, 0.6) is 0 Å².